The van der Waals surface area contributed by atoms with Crippen LogP contribution in [0.5, 0.6) is 0 Å². The van der Waals surface area contributed by atoms with Crippen LogP contribution in [0.15, 0.2) is 35.7 Å². The lowest BCUT2D eigenvalue weighted by Crippen LogP contribution is -2.12. The summed E-state index contributed by atoms with van der Waals surface area (Å²) in [5, 5.41) is 3.70. The SMILES string of the molecule is O=C(Nc1ccc(Cl)c(C(F)(F)F)c1)c1cccs1. The maximum Gasteiger partial charge on any atom is 0.417 e. The molecule has 1 aromatic heterocycles. The Balaban J connectivity index is 2.25. The highest BCUT2D eigenvalue weighted by Crippen LogP contribution is 2.36. The molecule has 0 unspecified atom stereocenters. The molecule has 1 heterocycles. The Morgan fingerprint density at radius 3 is 2.58 bits per heavy atom. The summed E-state index contributed by atoms with van der Waals surface area (Å²) in [6, 6.07) is 6.51. The van der Waals surface area contributed by atoms with Crippen molar-refractivity contribution in [3.05, 3.63) is 51.2 Å². The predicted molar refractivity (Wildman–Crippen MR) is 68.7 cm³/mol. The fourth-order valence-corrected chi connectivity index (χ4v) is 2.26. The Bertz CT molecular complexity index is 596. The lowest BCUT2D eigenvalue weighted by atomic mass is 10.2. The molecule has 0 saturated carbocycles. The Morgan fingerprint density at radius 1 is 1.26 bits per heavy atom. The van der Waals surface area contributed by atoms with Crippen LogP contribution in [0.2, 0.25) is 5.02 Å². The molecule has 2 aromatic rings. The fraction of sp³-hybridized carbons (Fsp3) is 0.0833. The summed E-state index contributed by atoms with van der Waals surface area (Å²) < 4.78 is 37.9. The molecule has 2 rings (SSSR count). The van der Waals surface area contributed by atoms with Crippen molar-refractivity contribution >= 4 is 34.5 Å². The second-order valence-corrected chi connectivity index (χ2v) is 4.98. The number of alkyl halides is 3. The minimum atomic E-state index is -4.55. The van der Waals surface area contributed by atoms with Gasteiger partial charge in [-0.15, -0.1) is 11.3 Å². The first kappa shape index (κ1) is 13.9. The average molecular weight is 306 g/mol. The molecular formula is C12H7ClF3NOS. The zero-order valence-electron chi connectivity index (χ0n) is 9.29. The number of thiophene rings is 1. The molecule has 0 radical (unpaired) electrons. The number of carbonyl (C=O) groups is 1. The van der Waals surface area contributed by atoms with Gasteiger partial charge in [0.2, 0.25) is 0 Å². The second kappa shape index (κ2) is 5.22. The van der Waals surface area contributed by atoms with E-state index in [9.17, 15) is 18.0 Å². The topological polar surface area (TPSA) is 29.1 Å². The van der Waals surface area contributed by atoms with Gasteiger partial charge in [0.05, 0.1) is 15.5 Å². The predicted octanol–water partition coefficient (Wildman–Crippen LogP) is 4.67. The molecular weight excluding hydrogens is 299 g/mol. The second-order valence-electron chi connectivity index (χ2n) is 3.62. The summed E-state index contributed by atoms with van der Waals surface area (Å²) in [5.74, 6) is -0.453. The number of rotatable bonds is 2. The maximum absolute atomic E-state index is 12.6. The van der Waals surface area contributed by atoms with E-state index in [0.29, 0.717) is 4.88 Å². The molecule has 7 heteroatoms. The Kier molecular flexibility index (Phi) is 3.82. The summed E-state index contributed by atoms with van der Waals surface area (Å²) >= 11 is 6.69. The van der Waals surface area contributed by atoms with Gasteiger partial charge in [-0.3, -0.25) is 4.79 Å². The number of nitrogens with one attached hydrogen (secondary N) is 1. The number of anilines is 1. The standard InChI is InChI=1S/C12H7ClF3NOS/c13-9-4-3-7(6-8(9)12(14,15)16)17-11(18)10-2-1-5-19-10/h1-6H,(H,17,18). The third kappa shape index (κ3) is 3.27. The summed E-state index contributed by atoms with van der Waals surface area (Å²) in [4.78, 5) is 12.1. The summed E-state index contributed by atoms with van der Waals surface area (Å²) in [6.07, 6.45) is -4.55. The van der Waals surface area contributed by atoms with Crippen molar-refractivity contribution in [1.29, 1.82) is 0 Å². The van der Waals surface area contributed by atoms with Crippen LogP contribution in [0.4, 0.5) is 18.9 Å². The largest absolute Gasteiger partial charge is 0.417 e. The molecule has 0 aliphatic rings. The molecule has 2 nitrogen and oxygen atoms in total. The lowest BCUT2D eigenvalue weighted by Gasteiger charge is -2.11. The summed E-state index contributed by atoms with van der Waals surface area (Å²) in [6.45, 7) is 0. The molecule has 0 fully saturated rings. The van der Waals surface area contributed by atoms with Gasteiger partial charge in [0.25, 0.3) is 5.91 Å². The smallest absolute Gasteiger partial charge is 0.321 e. The minimum absolute atomic E-state index is 0.0510. The monoisotopic (exact) mass is 305 g/mol. The van der Waals surface area contributed by atoms with Gasteiger partial charge in [0, 0.05) is 5.69 Å². The molecule has 1 aromatic carbocycles. The van der Waals surface area contributed by atoms with Crippen LogP contribution in [0, 0.1) is 0 Å². The zero-order chi connectivity index (χ0) is 14.0. The molecule has 0 aliphatic heterocycles. The summed E-state index contributed by atoms with van der Waals surface area (Å²) in [5.41, 5.74) is -0.923. The number of halogens is 4. The van der Waals surface area contributed by atoms with E-state index in [1.807, 2.05) is 0 Å². The molecule has 0 bridgehead atoms. The molecule has 0 atom stereocenters. The molecule has 19 heavy (non-hydrogen) atoms. The Hall–Kier alpha value is -1.53. The third-order valence-electron chi connectivity index (χ3n) is 2.27. The van der Waals surface area contributed by atoms with Gasteiger partial charge in [-0.1, -0.05) is 17.7 Å². The van der Waals surface area contributed by atoms with Gasteiger partial charge < -0.3 is 5.32 Å². The Morgan fingerprint density at radius 2 is 2.00 bits per heavy atom. The Labute approximate surface area is 115 Å². The summed E-state index contributed by atoms with van der Waals surface area (Å²) in [7, 11) is 0. The van der Waals surface area contributed by atoms with Crippen LogP contribution < -0.4 is 5.32 Å². The fourth-order valence-electron chi connectivity index (χ4n) is 1.42. The first-order valence-corrected chi connectivity index (χ1v) is 6.35. The highest BCUT2D eigenvalue weighted by atomic mass is 35.5. The molecule has 100 valence electrons. The number of benzene rings is 1. The van der Waals surface area contributed by atoms with E-state index in [2.05, 4.69) is 5.32 Å². The van der Waals surface area contributed by atoms with Gasteiger partial charge in [-0.25, -0.2) is 0 Å². The van der Waals surface area contributed by atoms with Crippen molar-refractivity contribution in [2.45, 2.75) is 6.18 Å². The number of amides is 1. The van der Waals surface area contributed by atoms with Crippen molar-refractivity contribution in [2.75, 3.05) is 5.32 Å². The van der Waals surface area contributed by atoms with E-state index in [1.165, 1.54) is 17.4 Å². The van der Waals surface area contributed by atoms with Crippen molar-refractivity contribution in [2.24, 2.45) is 0 Å². The van der Waals surface area contributed by atoms with Gasteiger partial charge in [-0.05, 0) is 29.6 Å². The average Bonchev–Trinajstić information content (AvgIpc) is 2.83. The highest BCUT2D eigenvalue weighted by Gasteiger charge is 2.33. The third-order valence-corrected chi connectivity index (χ3v) is 3.47. The van der Waals surface area contributed by atoms with E-state index in [1.54, 1.807) is 17.5 Å². The van der Waals surface area contributed by atoms with E-state index in [-0.39, 0.29) is 5.69 Å². The molecule has 1 N–H and O–H groups in total. The maximum atomic E-state index is 12.6. The van der Waals surface area contributed by atoms with Crippen LogP contribution in [0.1, 0.15) is 15.2 Å². The van der Waals surface area contributed by atoms with Crippen LogP contribution in [0.3, 0.4) is 0 Å². The molecule has 0 spiro atoms. The molecule has 0 saturated heterocycles. The zero-order valence-corrected chi connectivity index (χ0v) is 10.9. The van der Waals surface area contributed by atoms with Crippen LogP contribution in [0.25, 0.3) is 0 Å². The van der Waals surface area contributed by atoms with E-state index in [0.717, 1.165) is 12.1 Å². The first-order chi connectivity index (χ1) is 8.88. The van der Waals surface area contributed by atoms with Gasteiger partial charge in [0.1, 0.15) is 0 Å². The lowest BCUT2D eigenvalue weighted by molar-refractivity contribution is -0.137. The van der Waals surface area contributed by atoms with Gasteiger partial charge in [0.15, 0.2) is 0 Å². The van der Waals surface area contributed by atoms with Crippen LogP contribution in [-0.2, 0) is 6.18 Å². The van der Waals surface area contributed by atoms with E-state index < -0.39 is 22.7 Å². The molecule has 0 aliphatic carbocycles. The van der Waals surface area contributed by atoms with E-state index in [4.69, 9.17) is 11.6 Å². The normalized spacial score (nSPS) is 11.4. The van der Waals surface area contributed by atoms with Crippen molar-refractivity contribution < 1.29 is 18.0 Å². The van der Waals surface area contributed by atoms with Gasteiger partial charge in [-0.2, -0.15) is 13.2 Å². The van der Waals surface area contributed by atoms with E-state index >= 15 is 0 Å². The van der Waals surface area contributed by atoms with Crippen molar-refractivity contribution in [1.82, 2.24) is 0 Å². The van der Waals surface area contributed by atoms with Crippen molar-refractivity contribution in [3.8, 4) is 0 Å². The first-order valence-electron chi connectivity index (χ1n) is 5.09. The van der Waals surface area contributed by atoms with Crippen LogP contribution >= 0.6 is 22.9 Å². The quantitative estimate of drug-likeness (QED) is 0.858. The minimum Gasteiger partial charge on any atom is -0.321 e. The number of hydrogen-bond donors (Lipinski definition) is 1. The van der Waals surface area contributed by atoms with Crippen LogP contribution in [-0.4, -0.2) is 5.91 Å². The van der Waals surface area contributed by atoms with Crippen molar-refractivity contribution in [3.63, 3.8) is 0 Å². The number of hydrogen-bond acceptors (Lipinski definition) is 2. The highest BCUT2D eigenvalue weighted by molar-refractivity contribution is 7.12. The number of carbonyl (C=O) groups excluding carboxylic acids is 1. The molecule has 1 amide bonds. The van der Waals surface area contributed by atoms with Gasteiger partial charge >= 0.3 is 6.18 Å².